The molecule has 2 rings (SSSR count). The molecule has 1 aromatic carbocycles. The Morgan fingerprint density at radius 1 is 1.29 bits per heavy atom. The van der Waals surface area contributed by atoms with E-state index in [0.29, 0.717) is 17.4 Å². The van der Waals surface area contributed by atoms with Crippen LogP contribution in [0, 0.1) is 0 Å². The number of nitrogens with zero attached hydrogens (tertiary/aromatic N) is 1. The molecule has 1 aliphatic rings. The molecule has 24 heavy (non-hydrogen) atoms. The molecule has 134 valence electrons. The Labute approximate surface area is 149 Å². The summed E-state index contributed by atoms with van der Waals surface area (Å²) >= 11 is 1.90. The average Bonchev–Trinajstić information content (AvgIpc) is 3.05. The van der Waals surface area contributed by atoms with Crippen LogP contribution < -0.4 is 5.32 Å². The quantitative estimate of drug-likeness (QED) is 0.714. The first kappa shape index (κ1) is 19.3. The van der Waals surface area contributed by atoms with E-state index >= 15 is 0 Å². The topological polar surface area (TPSA) is 66.5 Å². The first-order chi connectivity index (χ1) is 11.4. The van der Waals surface area contributed by atoms with Gasteiger partial charge in [0.1, 0.15) is 6.04 Å². The van der Waals surface area contributed by atoms with Gasteiger partial charge in [0.05, 0.1) is 6.26 Å². The van der Waals surface area contributed by atoms with Gasteiger partial charge in [0, 0.05) is 24.6 Å². The van der Waals surface area contributed by atoms with E-state index in [2.05, 4.69) is 5.32 Å². The standard InChI is InChI=1S/C17H26N2O3S2/c1-19(24(2,21)22)16(14-8-4-3-5-9-14)17(20)18-12-13-23-15-10-6-7-11-15/h3-5,8-9,15-16H,6-7,10-13H2,1-2H3,(H,18,20). The molecule has 0 heterocycles. The van der Waals surface area contributed by atoms with E-state index in [4.69, 9.17) is 0 Å². The highest BCUT2D eigenvalue weighted by atomic mass is 32.2. The smallest absolute Gasteiger partial charge is 0.243 e. The second-order valence-corrected chi connectivity index (χ2v) is 9.61. The van der Waals surface area contributed by atoms with Crippen LogP contribution in [0.25, 0.3) is 0 Å². The summed E-state index contributed by atoms with van der Waals surface area (Å²) in [6.45, 7) is 0.556. The molecule has 0 radical (unpaired) electrons. The van der Waals surface area contributed by atoms with Gasteiger partial charge in [-0.1, -0.05) is 43.2 Å². The maximum absolute atomic E-state index is 12.6. The van der Waals surface area contributed by atoms with Crippen molar-refractivity contribution in [2.75, 3.05) is 25.6 Å². The molecule has 0 aliphatic heterocycles. The maximum Gasteiger partial charge on any atom is 0.243 e. The van der Waals surface area contributed by atoms with Gasteiger partial charge >= 0.3 is 0 Å². The lowest BCUT2D eigenvalue weighted by Crippen LogP contribution is -2.41. The predicted molar refractivity (Wildman–Crippen MR) is 99.5 cm³/mol. The number of rotatable bonds is 8. The van der Waals surface area contributed by atoms with Crippen LogP contribution in [0.5, 0.6) is 0 Å². The fraction of sp³-hybridized carbons (Fsp3) is 0.588. The third-order valence-electron chi connectivity index (χ3n) is 4.31. The van der Waals surface area contributed by atoms with Crippen molar-refractivity contribution in [3.05, 3.63) is 35.9 Å². The number of hydrogen-bond donors (Lipinski definition) is 1. The van der Waals surface area contributed by atoms with E-state index in [-0.39, 0.29) is 5.91 Å². The first-order valence-electron chi connectivity index (χ1n) is 8.27. The second kappa shape index (κ2) is 8.87. The average molecular weight is 371 g/mol. The zero-order valence-electron chi connectivity index (χ0n) is 14.3. The van der Waals surface area contributed by atoms with E-state index in [1.165, 1.54) is 32.7 Å². The summed E-state index contributed by atoms with van der Waals surface area (Å²) in [7, 11) is -2.03. The van der Waals surface area contributed by atoms with Gasteiger partial charge in [0.25, 0.3) is 0 Å². The predicted octanol–water partition coefficient (Wildman–Crippen LogP) is 2.41. The maximum atomic E-state index is 12.6. The van der Waals surface area contributed by atoms with Gasteiger partial charge in [-0.15, -0.1) is 0 Å². The van der Waals surface area contributed by atoms with Crippen LogP contribution >= 0.6 is 11.8 Å². The summed E-state index contributed by atoms with van der Waals surface area (Å²) in [6, 6.07) is 8.18. The molecule has 1 aliphatic carbocycles. The summed E-state index contributed by atoms with van der Waals surface area (Å²) in [5, 5.41) is 3.61. The number of amides is 1. The molecule has 0 spiro atoms. The molecule has 0 saturated heterocycles. The molecule has 1 amide bonds. The van der Waals surface area contributed by atoms with Crippen molar-refractivity contribution < 1.29 is 13.2 Å². The Bertz CT molecular complexity index is 628. The Hall–Kier alpha value is -1.05. The van der Waals surface area contributed by atoms with Crippen LogP contribution in [-0.2, 0) is 14.8 Å². The highest BCUT2D eigenvalue weighted by Gasteiger charge is 2.30. The number of sulfonamides is 1. The van der Waals surface area contributed by atoms with Gasteiger partial charge < -0.3 is 5.32 Å². The Morgan fingerprint density at radius 3 is 2.50 bits per heavy atom. The van der Waals surface area contributed by atoms with Crippen LogP contribution in [-0.4, -0.2) is 49.5 Å². The van der Waals surface area contributed by atoms with Crippen molar-refractivity contribution in [3.63, 3.8) is 0 Å². The van der Waals surface area contributed by atoms with Gasteiger partial charge in [-0.25, -0.2) is 8.42 Å². The lowest BCUT2D eigenvalue weighted by molar-refractivity contribution is -0.124. The van der Waals surface area contributed by atoms with Crippen molar-refractivity contribution in [3.8, 4) is 0 Å². The van der Waals surface area contributed by atoms with Crippen LogP contribution in [0.1, 0.15) is 37.3 Å². The highest BCUT2D eigenvalue weighted by Crippen LogP contribution is 2.29. The van der Waals surface area contributed by atoms with Crippen LogP contribution in [0.4, 0.5) is 0 Å². The molecule has 7 heteroatoms. The molecule has 1 fully saturated rings. The monoisotopic (exact) mass is 370 g/mol. The zero-order valence-corrected chi connectivity index (χ0v) is 15.9. The highest BCUT2D eigenvalue weighted by molar-refractivity contribution is 7.99. The number of hydrogen-bond acceptors (Lipinski definition) is 4. The Morgan fingerprint density at radius 2 is 1.92 bits per heavy atom. The molecular formula is C17H26N2O3S2. The van der Waals surface area contributed by atoms with Gasteiger partial charge in [0.15, 0.2) is 0 Å². The lowest BCUT2D eigenvalue weighted by atomic mass is 10.1. The number of likely N-dealkylation sites (N-methyl/N-ethyl adjacent to an activating group) is 1. The zero-order chi connectivity index (χ0) is 17.6. The summed E-state index contributed by atoms with van der Waals surface area (Å²) in [4.78, 5) is 12.6. The molecule has 1 saturated carbocycles. The SMILES string of the molecule is CN(C(C(=O)NCCSC1CCCC1)c1ccccc1)S(C)(=O)=O. The van der Waals surface area contributed by atoms with E-state index in [9.17, 15) is 13.2 Å². The van der Waals surface area contributed by atoms with Crippen molar-refractivity contribution in [1.29, 1.82) is 0 Å². The molecule has 1 atom stereocenters. The van der Waals surface area contributed by atoms with Gasteiger partial charge in [-0.3, -0.25) is 4.79 Å². The summed E-state index contributed by atoms with van der Waals surface area (Å²) in [6.07, 6.45) is 6.26. The molecule has 1 unspecified atom stereocenters. The number of benzene rings is 1. The van der Waals surface area contributed by atoms with Crippen LogP contribution in [0.15, 0.2) is 30.3 Å². The minimum atomic E-state index is -3.47. The van der Waals surface area contributed by atoms with E-state index in [1.54, 1.807) is 12.1 Å². The van der Waals surface area contributed by atoms with Gasteiger partial charge in [-0.05, 0) is 18.4 Å². The minimum absolute atomic E-state index is 0.277. The van der Waals surface area contributed by atoms with Crippen molar-refractivity contribution in [2.24, 2.45) is 0 Å². The molecular weight excluding hydrogens is 344 g/mol. The van der Waals surface area contributed by atoms with Crippen molar-refractivity contribution in [1.82, 2.24) is 9.62 Å². The van der Waals surface area contributed by atoms with Crippen LogP contribution in [0.3, 0.4) is 0 Å². The van der Waals surface area contributed by atoms with E-state index in [0.717, 1.165) is 16.3 Å². The normalized spacial score (nSPS) is 17.1. The Kier molecular flexibility index (Phi) is 7.13. The van der Waals surface area contributed by atoms with Gasteiger partial charge in [0.2, 0.25) is 15.9 Å². The summed E-state index contributed by atoms with van der Waals surface area (Å²) in [5.74, 6) is 0.585. The summed E-state index contributed by atoms with van der Waals surface area (Å²) < 4.78 is 24.9. The van der Waals surface area contributed by atoms with E-state index < -0.39 is 16.1 Å². The molecule has 0 bridgehead atoms. The third-order valence-corrected chi connectivity index (χ3v) is 6.95. The molecule has 0 aromatic heterocycles. The lowest BCUT2D eigenvalue weighted by Gasteiger charge is -2.25. The third kappa shape index (κ3) is 5.50. The minimum Gasteiger partial charge on any atom is -0.354 e. The number of carbonyl (C=O) groups is 1. The fourth-order valence-corrected chi connectivity index (χ4v) is 4.73. The second-order valence-electron chi connectivity index (χ2n) is 6.16. The number of carbonyl (C=O) groups excluding carboxylic acids is 1. The molecule has 5 nitrogen and oxygen atoms in total. The molecule has 1 N–H and O–H groups in total. The van der Waals surface area contributed by atoms with Gasteiger partial charge in [-0.2, -0.15) is 16.1 Å². The van der Waals surface area contributed by atoms with E-state index in [1.807, 2.05) is 30.0 Å². The molecule has 1 aromatic rings. The summed E-state index contributed by atoms with van der Waals surface area (Å²) in [5.41, 5.74) is 0.673. The van der Waals surface area contributed by atoms with Crippen molar-refractivity contribution >= 4 is 27.7 Å². The largest absolute Gasteiger partial charge is 0.354 e. The number of nitrogens with one attached hydrogen (secondary N) is 1. The number of thioether (sulfide) groups is 1. The van der Waals surface area contributed by atoms with Crippen LogP contribution in [0.2, 0.25) is 0 Å². The first-order valence-corrected chi connectivity index (χ1v) is 11.2. The van der Waals surface area contributed by atoms with Crippen molar-refractivity contribution in [2.45, 2.75) is 37.0 Å². The fourth-order valence-electron chi connectivity index (χ4n) is 2.90. The Balaban J connectivity index is 1.96.